The third kappa shape index (κ3) is 2.06. The number of hydrogen-bond donors (Lipinski definition) is 2. The number of carboxylic acid groups (broad SMARTS) is 1. The first-order valence-electron chi connectivity index (χ1n) is 6.25. The topological polar surface area (TPSA) is 66.4 Å². The highest BCUT2D eigenvalue weighted by Crippen LogP contribution is 2.33. The number of hydrogen-bond acceptors (Lipinski definition) is 3. The Morgan fingerprint density at radius 2 is 2.05 bits per heavy atom. The van der Waals surface area contributed by atoms with Crippen molar-refractivity contribution in [2.24, 2.45) is 0 Å². The Morgan fingerprint density at radius 3 is 2.65 bits per heavy atom. The number of thiophene rings is 1. The van der Waals surface area contributed by atoms with Crippen LogP contribution >= 0.6 is 11.3 Å². The van der Waals surface area contributed by atoms with Crippen molar-refractivity contribution in [1.29, 1.82) is 0 Å². The van der Waals surface area contributed by atoms with Crippen LogP contribution in [0.25, 0.3) is 10.1 Å². The van der Waals surface area contributed by atoms with E-state index in [1.807, 2.05) is 0 Å². The van der Waals surface area contributed by atoms with Gasteiger partial charge in [0.2, 0.25) is 0 Å². The van der Waals surface area contributed by atoms with Gasteiger partial charge in [0, 0.05) is 4.70 Å². The number of halogens is 1. The van der Waals surface area contributed by atoms with E-state index in [4.69, 9.17) is 0 Å². The van der Waals surface area contributed by atoms with Gasteiger partial charge in [-0.05, 0) is 42.8 Å². The highest BCUT2D eigenvalue weighted by Gasteiger charge is 2.45. The van der Waals surface area contributed by atoms with Crippen LogP contribution in [0, 0.1) is 5.82 Å². The van der Waals surface area contributed by atoms with Crippen LogP contribution in [0.2, 0.25) is 0 Å². The van der Waals surface area contributed by atoms with Gasteiger partial charge in [-0.25, -0.2) is 9.18 Å². The van der Waals surface area contributed by atoms with E-state index in [1.165, 1.54) is 12.1 Å². The number of amides is 1. The van der Waals surface area contributed by atoms with E-state index in [0.29, 0.717) is 22.4 Å². The Bertz CT molecular complexity index is 706. The summed E-state index contributed by atoms with van der Waals surface area (Å²) < 4.78 is 13.8. The van der Waals surface area contributed by atoms with E-state index < -0.39 is 17.4 Å². The van der Waals surface area contributed by atoms with Crippen LogP contribution < -0.4 is 5.32 Å². The van der Waals surface area contributed by atoms with Crippen LogP contribution in [-0.4, -0.2) is 22.5 Å². The van der Waals surface area contributed by atoms with Crippen molar-refractivity contribution < 1.29 is 19.1 Å². The summed E-state index contributed by atoms with van der Waals surface area (Å²) in [5.41, 5.74) is -1.13. The van der Waals surface area contributed by atoms with Gasteiger partial charge in [-0.1, -0.05) is 6.07 Å². The molecular formula is C14H12FNO3S. The lowest BCUT2D eigenvalue weighted by Gasteiger charge is -2.38. The third-order valence-electron chi connectivity index (χ3n) is 3.68. The summed E-state index contributed by atoms with van der Waals surface area (Å²) in [7, 11) is 0. The van der Waals surface area contributed by atoms with Crippen molar-refractivity contribution in [2.45, 2.75) is 24.8 Å². The van der Waals surface area contributed by atoms with Crippen LogP contribution in [0.4, 0.5) is 4.39 Å². The molecule has 0 unspecified atom stereocenters. The standard InChI is InChI=1S/C14H12FNO3S/c15-9-3-2-8-6-11(20-10(8)7-9)12(17)16-14(13(18)19)4-1-5-14/h2-3,6-7H,1,4-5H2,(H,16,17)(H,18,19). The maximum Gasteiger partial charge on any atom is 0.329 e. The molecule has 6 heteroatoms. The number of nitrogens with one attached hydrogen (secondary N) is 1. The summed E-state index contributed by atoms with van der Waals surface area (Å²) >= 11 is 1.16. The van der Waals surface area contributed by atoms with E-state index in [1.54, 1.807) is 12.1 Å². The first-order valence-corrected chi connectivity index (χ1v) is 7.07. The summed E-state index contributed by atoms with van der Waals surface area (Å²) in [4.78, 5) is 23.8. The lowest BCUT2D eigenvalue weighted by molar-refractivity contribution is -0.148. The molecule has 1 heterocycles. The molecule has 1 aromatic heterocycles. The third-order valence-corrected chi connectivity index (χ3v) is 4.77. The van der Waals surface area contributed by atoms with Crippen LogP contribution in [-0.2, 0) is 4.79 Å². The minimum Gasteiger partial charge on any atom is -0.480 e. The van der Waals surface area contributed by atoms with Gasteiger partial charge in [0.15, 0.2) is 0 Å². The molecule has 0 atom stereocenters. The number of carbonyl (C=O) groups is 2. The molecule has 0 spiro atoms. The van der Waals surface area contributed by atoms with E-state index in [9.17, 15) is 19.1 Å². The molecule has 1 amide bonds. The number of benzene rings is 1. The quantitative estimate of drug-likeness (QED) is 0.914. The molecular weight excluding hydrogens is 281 g/mol. The summed E-state index contributed by atoms with van der Waals surface area (Å²) in [5.74, 6) is -1.76. The van der Waals surface area contributed by atoms with Crippen molar-refractivity contribution in [2.75, 3.05) is 0 Å². The molecule has 1 aliphatic carbocycles. The van der Waals surface area contributed by atoms with Gasteiger partial charge in [0.25, 0.3) is 5.91 Å². The van der Waals surface area contributed by atoms with E-state index >= 15 is 0 Å². The number of carboxylic acids is 1. The fraction of sp³-hybridized carbons (Fsp3) is 0.286. The maximum atomic E-state index is 13.1. The molecule has 2 aromatic rings. The predicted molar refractivity (Wildman–Crippen MR) is 73.5 cm³/mol. The molecule has 104 valence electrons. The second-order valence-electron chi connectivity index (χ2n) is 4.99. The molecule has 0 radical (unpaired) electrons. The molecule has 1 aliphatic rings. The molecule has 0 bridgehead atoms. The van der Waals surface area contributed by atoms with E-state index in [2.05, 4.69) is 5.32 Å². The van der Waals surface area contributed by atoms with E-state index in [-0.39, 0.29) is 5.82 Å². The SMILES string of the molecule is O=C(NC1(C(=O)O)CCC1)c1cc2ccc(F)cc2s1. The first kappa shape index (κ1) is 13.1. The van der Waals surface area contributed by atoms with Crippen molar-refractivity contribution >= 4 is 33.3 Å². The van der Waals surface area contributed by atoms with Gasteiger partial charge in [0.05, 0.1) is 4.88 Å². The molecule has 0 saturated heterocycles. The molecule has 20 heavy (non-hydrogen) atoms. The monoisotopic (exact) mass is 293 g/mol. The Labute approximate surface area is 118 Å². The number of carbonyl (C=O) groups excluding carboxylic acids is 1. The Morgan fingerprint density at radius 1 is 1.30 bits per heavy atom. The first-order chi connectivity index (χ1) is 9.50. The summed E-state index contributed by atoms with van der Waals surface area (Å²) in [6.07, 6.45) is 1.70. The maximum absolute atomic E-state index is 13.1. The number of fused-ring (bicyclic) bond motifs is 1. The zero-order valence-corrected chi connectivity index (χ0v) is 11.3. The number of rotatable bonds is 3. The largest absolute Gasteiger partial charge is 0.480 e. The molecule has 0 aliphatic heterocycles. The highest BCUT2D eigenvalue weighted by atomic mass is 32.1. The molecule has 3 rings (SSSR count). The molecule has 4 nitrogen and oxygen atoms in total. The summed E-state index contributed by atoms with van der Waals surface area (Å²) in [6, 6.07) is 5.96. The Hall–Kier alpha value is -1.95. The van der Waals surface area contributed by atoms with Gasteiger partial charge >= 0.3 is 5.97 Å². The van der Waals surface area contributed by atoms with Gasteiger partial charge in [-0.3, -0.25) is 4.79 Å². The Kier molecular flexibility index (Phi) is 2.97. The fourth-order valence-electron chi connectivity index (χ4n) is 2.32. The fourth-order valence-corrected chi connectivity index (χ4v) is 3.30. The van der Waals surface area contributed by atoms with Crippen LogP contribution in [0.1, 0.15) is 28.9 Å². The van der Waals surface area contributed by atoms with E-state index in [0.717, 1.165) is 23.1 Å². The van der Waals surface area contributed by atoms with Gasteiger partial charge < -0.3 is 10.4 Å². The molecule has 1 aromatic carbocycles. The average Bonchev–Trinajstić information content (AvgIpc) is 2.75. The second kappa shape index (κ2) is 4.56. The molecule has 1 fully saturated rings. The normalized spacial score (nSPS) is 16.6. The Balaban J connectivity index is 1.87. The van der Waals surface area contributed by atoms with Crippen molar-refractivity contribution in [1.82, 2.24) is 5.32 Å². The minimum atomic E-state index is -1.13. The zero-order chi connectivity index (χ0) is 14.3. The summed E-state index contributed by atoms with van der Waals surface area (Å²) in [6.45, 7) is 0. The zero-order valence-electron chi connectivity index (χ0n) is 10.5. The summed E-state index contributed by atoms with van der Waals surface area (Å²) in [5, 5.41) is 12.6. The number of aliphatic carboxylic acids is 1. The van der Waals surface area contributed by atoms with Crippen molar-refractivity contribution in [3.8, 4) is 0 Å². The average molecular weight is 293 g/mol. The van der Waals surface area contributed by atoms with Gasteiger partial charge in [0.1, 0.15) is 11.4 Å². The molecule has 1 saturated carbocycles. The smallest absolute Gasteiger partial charge is 0.329 e. The highest BCUT2D eigenvalue weighted by molar-refractivity contribution is 7.20. The molecule has 2 N–H and O–H groups in total. The second-order valence-corrected chi connectivity index (χ2v) is 6.07. The van der Waals surface area contributed by atoms with Crippen LogP contribution in [0.15, 0.2) is 24.3 Å². The van der Waals surface area contributed by atoms with Crippen molar-refractivity contribution in [3.63, 3.8) is 0 Å². The lowest BCUT2D eigenvalue weighted by atomic mass is 9.77. The minimum absolute atomic E-state index is 0.354. The van der Waals surface area contributed by atoms with Gasteiger partial charge in [-0.15, -0.1) is 11.3 Å². The van der Waals surface area contributed by atoms with Crippen LogP contribution in [0.3, 0.4) is 0 Å². The lowest BCUT2D eigenvalue weighted by Crippen LogP contribution is -2.59. The van der Waals surface area contributed by atoms with Crippen molar-refractivity contribution in [3.05, 3.63) is 35.0 Å². The van der Waals surface area contributed by atoms with Gasteiger partial charge in [-0.2, -0.15) is 0 Å². The predicted octanol–water partition coefficient (Wildman–Crippen LogP) is 2.78. The van der Waals surface area contributed by atoms with Crippen LogP contribution in [0.5, 0.6) is 0 Å².